The molecule has 1 aromatic heterocycles. The first-order chi connectivity index (χ1) is 19.1. The summed E-state index contributed by atoms with van der Waals surface area (Å²) in [6, 6.07) is 13.0. The predicted molar refractivity (Wildman–Crippen MR) is 140 cm³/mol. The highest BCUT2D eigenvalue weighted by molar-refractivity contribution is 6.30. The largest absolute Gasteiger partial charge is 0.372 e. The number of halogens is 4. The zero-order valence-corrected chi connectivity index (χ0v) is 21.8. The molecule has 40 heavy (non-hydrogen) atoms. The lowest BCUT2D eigenvalue weighted by atomic mass is 9.85. The Morgan fingerprint density at radius 3 is 2.60 bits per heavy atom. The zero-order valence-electron chi connectivity index (χ0n) is 21.1. The number of anilines is 1. The Bertz CT molecular complexity index is 1520. The van der Waals surface area contributed by atoms with E-state index in [9.17, 15) is 33.1 Å². The van der Waals surface area contributed by atoms with E-state index in [0.717, 1.165) is 12.3 Å². The van der Waals surface area contributed by atoms with Crippen molar-refractivity contribution < 1.29 is 27.9 Å². The Morgan fingerprint density at radius 1 is 1.18 bits per heavy atom. The third-order valence-electron chi connectivity index (χ3n) is 7.58. The van der Waals surface area contributed by atoms with Crippen LogP contribution in [0.1, 0.15) is 64.9 Å². The number of nitrogens with zero attached hydrogens (tertiary/aromatic N) is 3. The van der Waals surface area contributed by atoms with E-state index in [-0.39, 0.29) is 45.8 Å². The van der Waals surface area contributed by atoms with Crippen molar-refractivity contribution in [3.63, 3.8) is 0 Å². The number of hydrogen-bond acceptors (Lipinski definition) is 5. The minimum atomic E-state index is -2.93. The Balaban J connectivity index is 1.30. The van der Waals surface area contributed by atoms with Crippen LogP contribution in [0.15, 0.2) is 54.7 Å². The van der Waals surface area contributed by atoms with Crippen molar-refractivity contribution in [1.29, 1.82) is 5.26 Å². The van der Waals surface area contributed by atoms with Gasteiger partial charge in [-0.15, -0.1) is 0 Å². The van der Waals surface area contributed by atoms with Crippen molar-refractivity contribution in [3.8, 4) is 6.07 Å². The molecule has 0 spiro atoms. The summed E-state index contributed by atoms with van der Waals surface area (Å²) in [5, 5.41) is 23.8. The van der Waals surface area contributed by atoms with Crippen molar-refractivity contribution in [3.05, 3.63) is 93.5 Å². The van der Waals surface area contributed by atoms with E-state index in [4.69, 9.17) is 11.6 Å². The lowest BCUT2D eigenvalue weighted by Gasteiger charge is -2.32. The normalized spacial score (nSPS) is 22.2. The fourth-order valence-electron chi connectivity index (χ4n) is 5.56. The van der Waals surface area contributed by atoms with E-state index in [1.54, 1.807) is 24.3 Å². The second-order valence-corrected chi connectivity index (χ2v) is 10.5. The monoisotopic (exact) mass is 568 g/mol. The van der Waals surface area contributed by atoms with Gasteiger partial charge in [-0.05, 0) is 61.9 Å². The van der Waals surface area contributed by atoms with Crippen LogP contribution >= 0.6 is 11.6 Å². The zero-order chi connectivity index (χ0) is 28.6. The van der Waals surface area contributed by atoms with Crippen LogP contribution in [-0.4, -0.2) is 34.5 Å². The number of hydrogen-bond donors (Lipinski definition) is 2. The minimum Gasteiger partial charge on any atom is -0.372 e. The summed E-state index contributed by atoms with van der Waals surface area (Å²) in [7, 11) is 0. The number of pyridine rings is 1. The average molecular weight is 569 g/mol. The van der Waals surface area contributed by atoms with E-state index < -0.39 is 35.4 Å². The molecule has 206 valence electrons. The summed E-state index contributed by atoms with van der Waals surface area (Å²) < 4.78 is 41.6. The highest BCUT2D eigenvalue weighted by Gasteiger charge is 2.52. The van der Waals surface area contributed by atoms with Gasteiger partial charge in [0.15, 0.2) is 5.60 Å². The predicted octanol–water partition coefficient (Wildman–Crippen LogP) is 5.25. The molecule has 0 bridgehead atoms. The molecule has 1 saturated carbocycles. The molecule has 0 saturated heterocycles. The topological polar surface area (TPSA) is 106 Å². The number of carbonyl (C=O) groups is 2. The smallest absolute Gasteiger partial charge is 0.281 e. The number of aliphatic hydroxyl groups is 1. The number of benzene rings is 2. The second kappa shape index (κ2) is 10.9. The molecule has 1 aliphatic carbocycles. The SMILES string of the molecule is N#Cc1ccc(F)c(C2(O)C(=O)N(C[C@H]3CC[C@H](NC(=O)c4cc(Cl)cnc4C(F)F)CC3)c3ccccc32)c1. The van der Waals surface area contributed by atoms with Crippen LogP contribution in [0, 0.1) is 23.1 Å². The van der Waals surface area contributed by atoms with Gasteiger partial charge in [0.1, 0.15) is 11.5 Å². The Hall–Kier alpha value is -3.94. The molecule has 2 aromatic carbocycles. The van der Waals surface area contributed by atoms with Gasteiger partial charge in [-0.2, -0.15) is 5.26 Å². The van der Waals surface area contributed by atoms with E-state index in [0.29, 0.717) is 31.4 Å². The number of alkyl halides is 2. The lowest BCUT2D eigenvalue weighted by Crippen LogP contribution is -2.45. The van der Waals surface area contributed by atoms with Crippen LogP contribution in [0.25, 0.3) is 0 Å². The molecule has 1 fully saturated rings. The van der Waals surface area contributed by atoms with Crippen LogP contribution in [0.5, 0.6) is 0 Å². The van der Waals surface area contributed by atoms with Gasteiger partial charge in [-0.1, -0.05) is 29.8 Å². The van der Waals surface area contributed by atoms with Crippen LogP contribution in [0.2, 0.25) is 5.02 Å². The number of aromatic nitrogens is 1. The van der Waals surface area contributed by atoms with Crippen LogP contribution in [0.4, 0.5) is 18.9 Å². The van der Waals surface area contributed by atoms with Crippen LogP contribution in [0.3, 0.4) is 0 Å². The van der Waals surface area contributed by atoms with E-state index in [1.807, 2.05) is 6.07 Å². The number of rotatable bonds is 6. The van der Waals surface area contributed by atoms with Gasteiger partial charge in [-0.3, -0.25) is 14.6 Å². The van der Waals surface area contributed by atoms with Crippen LogP contribution in [-0.2, 0) is 10.4 Å². The van der Waals surface area contributed by atoms with Crippen molar-refractivity contribution >= 4 is 29.1 Å². The Morgan fingerprint density at radius 2 is 1.90 bits per heavy atom. The standard InChI is InChI=1S/C29H24ClF3N4O3/c30-18-12-20(25(26(32)33)35-14-18)27(38)36-19-8-5-16(6-9-19)15-37-24-4-2-1-3-21(24)29(40,28(37)39)22-11-17(13-34)7-10-23(22)31/h1-4,7,10-12,14,16,19,26,40H,5-6,8-9,15H2,(H,36,38)/t16-,19-,29?. The average Bonchev–Trinajstić information content (AvgIpc) is 3.16. The summed E-state index contributed by atoms with van der Waals surface area (Å²) in [6.45, 7) is 0.256. The molecule has 2 heterocycles. The number of para-hydroxylation sites is 1. The summed E-state index contributed by atoms with van der Waals surface area (Å²) in [5.41, 5.74) is -2.66. The summed E-state index contributed by atoms with van der Waals surface area (Å²) in [4.78, 5) is 31.5. The van der Waals surface area contributed by atoms with E-state index in [2.05, 4.69) is 10.3 Å². The molecular formula is C29H24ClF3N4O3. The van der Waals surface area contributed by atoms with Gasteiger partial charge in [0, 0.05) is 29.9 Å². The maximum absolute atomic E-state index is 14.9. The molecule has 2 amide bonds. The molecule has 7 nitrogen and oxygen atoms in total. The summed E-state index contributed by atoms with van der Waals surface area (Å²) >= 11 is 5.87. The molecule has 5 rings (SSSR count). The Labute approximate surface area is 233 Å². The van der Waals surface area contributed by atoms with Crippen LogP contribution < -0.4 is 10.2 Å². The first kappa shape index (κ1) is 27.6. The summed E-state index contributed by atoms with van der Waals surface area (Å²) in [5.74, 6) is -2.17. The maximum atomic E-state index is 14.9. The Kier molecular flexibility index (Phi) is 7.53. The number of fused-ring (bicyclic) bond motifs is 1. The van der Waals surface area contributed by atoms with Gasteiger partial charge >= 0.3 is 0 Å². The molecule has 11 heteroatoms. The van der Waals surface area contributed by atoms with Gasteiger partial charge in [0.25, 0.3) is 18.2 Å². The number of carbonyl (C=O) groups excluding carboxylic acids is 2. The molecule has 1 aliphatic heterocycles. The van der Waals surface area contributed by atoms with Gasteiger partial charge in [0.05, 0.1) is 27.9 Å². The molecule has 2 N–H and O–H groups in total. The minimum absolute atomic E-state index is 0.00672. The molecule has 1 atom stereocenters. The molecule has 2 aliphatic rings. The lowest BCUT2D eigenvalue weighted by molar-refractivity contribution is -0.132. The first-order valence-electron chi connectivity index (χ1n) is 12.7. The number of nitrogens with one attached hydrogen (secondary N) is 1. The molecule has 0 radical (unpaired) electrons. The van der Waals surface area contributed by atoms with Gasteiger partial charge in [-0.25, -0.2) is 13.2 Å². The van der Waals surface area contributed by atoms with Crippen molar-refractivity contribution in [2.24, 2.45) is 5.92 Å². The van der Waals surface area contributed by atoms with Gasteiger partial charge in [0.2, 0.25) is 0 Å². The third kappa shape index (κ3) is 4.91. The molecular weight excluding hydrogens is 545 g/mol. The first-order valence-corrected chi connectivity index (χ1v) is 13.1. The van der Waals surface area contributed by atoms with Crippen molar-refractivity contribution in [2.45, 2.75) is 43.8 Å². The highest BCUT2D eigenvalue weighted by Crippen LogP contribution is 2.46. The summed E-state index contributed by atoms with van der Waals surface area (Å²) in [6.07, 6.45) is 0.455. The van der Waals surface area contributed by atoms with Gasteiger partial charge < -0.3 is 15.3 Å². The van der Waals surface area contributed by atoms with E-state index in [1.165, 1.54) is 23.1 Å². The van der Waals surface area contributed by atoms with E-state index >= 15 is 0 Å². The fourth-order valence-corrected chi connectivity index (χ4v) is 5.72. The quantitative estimate of drug-likeness (QED) is 0.422. The van der Waals surface area contributed by atoms with Crippen molar-refractivity contribution in [1.82, 2.24) is 10.3 Å². The number of nitriles is 1. The fraction of sp³-hybridized carbons (Fsp3) is 0.310. The second-order valence-electron chi connectivity index (χ2n) is 10.0. The highest BCUT2D eigenvalue weighted by atomic mass is 35.5. The maximum Gasteiger partial charge on any atom is 0.281 e. The number of amides is 2. The third-order valence-corrected chi connectivity index (χ3v) is 7.79. The molecule has 3 aromatic rings. The van der Waals surface area contributed by atoms with Crippen molar-refractivity contribution in [2.75, 3.05) is 11.4 Å². The molecule has 1 unspecified atom stereocenters.